The van der Waals surface area contributed by atoms with Crippen molar-refractivity contribution in [3.63, 3.8) is 0 Å². The Hall–Kier alpha value is -0.930. The summed E-state index contributed by atoms with van der Waals surface area (Å²) in [7, 11) is 1.67. The number of nitrogens with zero attached hydrogens (tertiary/aromatic N) is 1. The lowest BCUT2D eigenvalue weighted by atomic mass is 10.2. The number of carboxylic acids is 1. The SMILES string of the molecule is C[C@@H](C(=O)O)N(C)c1ccc(Cl)cc1Cl. The Morgan fingerprint density at radius 3 is 2.53 bits per heavy atom. The van der Waals surface area contributed by atoms with Crippen LogP contribution in [0, 0.1) is 0 Å². The summed E-state index contributed by atoms with van der Waals surface area (Å²) in [5.41, 5.74) is 0.649. The number of hydrogen-bond acceptors (Lipinski definition) is 2. The van der Waals surface area contributed by atoms with Crippen LogP contribution >= 0.6 is 23.2 Å². The van der Waals surface area contributed by atoms with E-state index >= 15 is 0 Å². The van der Waals surface area contributed by atoms with E-state index in [1.165, 1.54) is 0 Å². The molecule has 0 saturated heterocycles. The number of aliphatic carboxylic acids is 1. The average molecular weight is 248 g/mol. The standard InChI is InChI=1S/C10H11Cl2NO2/c1-6(10(14)15)13(2)9-4-3-7(11)5-8(9)12/h3-6H,1-2H3,(H,14,15)/t6-/m0/s1. The highest BCUT2D eigenvalue weighted by molar-refractivity contribution is 6.36. The van der Waals surface area contributed by atoms with E-state index in [1.54, 1.807) is 37.1 Å². The van der Waals surface area contributed by atoms with Gasteiger partial charge in [0.25, 0.3) is 0 Å². The Bertz CT molecular complexity index is 382. The molecule has 0 fully saturated rings. The summed E-state index contributed by atoms with van der Waals surface area (Å²) in [6.45, 7) is 1.59. The summed E-state index contributed by atoms with van der Waals surface area (Å²) < 4.78 is 0. The molecule has 1 aromatic carbocycles. The first-order valence-electron chi connectivity index (χ1n) is 4.34. The normalized spacial score (nSPS) is 12.3. The zero-order chi connectivity index (χ0) is 11.6. The molecule has 0 aliphatic carbocycles. The van der Waals surface area contributed by atoms with Crippen molar-refractivity contribution in [2.75, 3.05) is 11.9 Å². The molecule has 0 amide bonds. The zero-order valence-corrected chi connectivity index (χ0v) is 9.88. The van der Waals surface area contributed by atoms with Crippen molar-refractivity contribution >= 4 is 34.9 Å². The van der Waals surface area contributed by atoms with Gasteiger partial charge >= 0.3 is 5.97 Å². The fraction of sp³-hybridized carbons (Fsp3) is 0.300. The first-order valence-corrected chi connectivity index (χ1v) is 5.09. The number of benzene rings is 1. The highest BCUT2D eigenvalue weighted by Crippen LogP contribution is 2.29. The van der Waals surface area contributed by atoms with Crippen LogP contribution in [-0.2, 0) is 4.79 Å². The number of likely N-dealkylation sites (N-methyl/N-ethyl adjacent to an activating group) is 1. The molecule has 0 aliphatic heterocycles. The second kappa shape index (κ2) is 4.73. The van der Waals surface area contributed by atoms with Crippen molar-refractivity contribution in [2.24, 2.45) is 0 Å². The van der Waals surface area contributed by atoms with Gasteiger partial charge in [-0.15, -0.1) is 0 Å². The smallest absolute Gasteiger partial charge is 0.326 e. The molecular weight excluding hydrogens is 237 g/mol. The first-order chi connectivity index (χ1) is 6.93. The molecule has 0 spiro atoms. The molecule has 1 N–H and O–H groups in total. The predicted octanol–water partition coefficient (Wildman–Crippen LogP) is 2.90. The molecule has 0 bridgehead atoms. The Kier molecular flexibility index (Phi) is 3.83. The van der Waals surface area contributed by atoms with E-state index in [4.69, 9.17) is 28.3 Å². The van der Waals surface area contributed by atoms with Gasteiger partial charge in [-0.25, -0.2) is 4.79 Å². The molecule has 1 aromatic rings. The number of rotatable bonds is 3. The Morgan fingerprint density at radius 2 is 2.07 bits per heavy atom. The lowest BCUT2D eigenvalue weighted by Crippen LogP contribution is -2.35. The quantitative estimate of drug-likeness (QED) is 0.893. The minimum atomic E-state index is -0.900. The van der Waals surface area contributed by atoms with E-state index in [2.05, 4.69) is 0 Å². The maximum Gasteiger partial charge on any atom is 0.326 e. The highest BCUT2D eigenvalue weighted by Gasteiger charge is 2.18. The van der Waals surface area contributed by atoms with Crippen LogP contribution in [0.3, 0.4) is 0 Å². The van der Waals surface area contributed by atoms with Crippen LogP contribution in [-0.4, -0.2) is 24.2 Å². The third-order valence-corrected chi connectivity index (χ3v) is 2.77. The van der Waals surface area contributed by atoms with Gasteiger partial charge in [0.15, 0.2) is 0 Å². The lowest BCUT2D eigenvalue weighted by Gasteiger charge is -2.24. The van der Waals surface area contributed by atoms with Gasteiger partial charge < -0.3 is 10.0 Å². The Morgan fingerprint density at radius 1 is 1.47 bits per heavy atom. The van der Waals surface area contributed by atoms with E-state index in [-0.39, 0.29) is 0 Å². The van der Waals surface area contributed by atoms with E-state index < -0.39 is 12.0 Å². The number of anilines is 1. The number of carbonyl (C=O) groups is 1. The molecule has 0 saturated carbocycles. The fourth-order valence-electron chi connectivity index (χ4n) is 1.14. The summed E-state index contributed by atoms with van der Waals surface area (Å²) in [4.78, 5) is 12.4. The molecule has 82 valence electrons. The van der Waals surface area contributed by atoms with Crippen molar-refractivity contribution in [1.82, 2.24) is 0 Å². The van der Waals surface area contributed by atoms with E-state index in [0.717, 1.165) is 0 Å². The first kappa shape index (κ1) is 12.1. The van der Waals surface area contributed by atoms with Gasteiger partial charge in [-0.1, -0.05) is 23.2 Å². The summed E-state index contributed by atoms with van der Waals surface area (Å²) in [5.74, 6) is -0.900. The summed E-state index contributed by atoms with van der Waals surface area (Å²) in [5, 5.41) is 9.82. The number of halogens is 2. The molecule has 0 aliphatic rings. The van der Waals surface area contributed by atoms with Gasteiger partial charge in [0.2, 0.25) is 0 Å². The van der Waals surface area contributed by atoms with Gasteiger partial charge in [0.1, 0.15) is 6.04 Å². The maximum absolute atomic E-state index is 10.8. The number of hydrogen-bond donors (Lipinski definition) is 1. The summed E-state index contributed by atoms with van der Waals surface area (Å²) >= 11 is 11.7. The van der Waals surface area contributed by atoms with Crippen LogP contribution in [0.1, 0.15) is 6.92 Å². The van der Waals surface area contributed by atoms with Gasteiger partial charge in [0.05, 0.1) is 10.7 Å². The van der Waals surface area contributed by atoms with Crippen LogP contribution in [0.2, 0.25) is 10.0 Å². The molecule has 15 heavy (non-hydrogen) atoms. The molecule has 0 radical (unpaired) electrons. The van der Waals surface area contributed by atoms with Crippen LogP contribution in [0.15, 0.2) is 18.2 Å². The molecule has 0 heterocycles. The second-order valence-corrected chi connectivity index (χ2v) is 4.06. The molecule has 1 atom stereocenters. The van der Waals surface area contributed by atoms with E-state index in [9.17, 15) is 4.79 Å². The largest absolute Gasteiger partial charge is 0.480 e. The van der Waals surface area contributed by atoms with Crippen LogP contribution < -0.4 is 4.90 Å². The van der Waals surface area contributed by atoms with Crippen LogP contribution in [0.4, 0.5) is 5.69 Å². The van der Waals surface area contributed by atoms with E-state index in [0.29, 0.717) is 15.7 Å². The average Bonchev–Trinajstić information content (AvgIpc) is 2.15. The van der Waals surface area contributed by atoms with Gasteiger partial charge in [-0.2, -0.15) is 0 Å². The second-order valence-electron chi connectivity index (χ2n) is 3.22. The Labute approximate surface area is 98.2 Å². The van der Waals surface area contributed by atoms with Gasteiger partial charge in [-0.3, -0.25) is 0 Å². The monoisotopic (exact) mass is 247 g/mol. The molecule has 1 rings (SSSR count). The lowest BCUT2D eigenvalue weighted by molar-refractivity contribution is -0.138. The van der Waals surface area contributed by atoms with Gasteiger partial charge in [-0.05, 0) is 25.1 Å². The molecule has 3 nitrogen and oxygen atoms in total. The molecular formula is C10H11Cl2NO2. The highest BCUT2D eigenvalue weighted by atomic mass is 35.5. The minimum Gasteiger partial charge on any atom is -0.480 e. The molecule has 0 aromatic heterocycles. The third-order valence-electron chi connectivity index (χ3n) is 2.23. The third kappa shape index (κ3) is 2.76. The molecule has 0 unspecified atom stereocenters. The van der Waals surface area contributed by atoms with Crippen molar-refractivity contribution < 1.29 is 9.90 Å². The van der Waals surface area contributed by atoms with Crippen LogP contribution in [0.25, 0.3) is 0 Å². The summed E-state index contributed by atoms with van der Waals surface area (Å²) in [6, 6.07) is 4.32. The number of carboxylic acid groups (broad SMARTS) is 1. The van der Waals surface area contributed by atoms with E-state index in [1.807, 2.05) is 0 Å². The van der Waals surface area contributed by atoms with Crippen molar-refractivity contribution in [3.05, 3.63) is 28.2 Å². The summed E-state index contributed by atoms with van der Waals surface area (Å²) in [6.07, 6.45) is 0. The zero-order valence-electron chi connectivity index (χ0n) is 8.37. The molecule has 5 heteroatoms. The fourth-order valence-corrected chi connectivity index (χ4v) is 1.68. The predicted molar refractivity (Wildman–Crippen MR) is 62.0 cm³/mol. The van der Waals surface area contributed by atoms with Crippen LogP contribution in [0.5, 0.6) is 0 Å². The maximum atomic E-state index is 10.8. The van der Waals surface area contributed by atoms with Crippen molar-refractivity contribution in [2.45, 2.75) is 13.0 Å². The minimum absolute atomic E-state index is 0.443. The topological polar surface area (TPSA) is 40.5 Å². The van der Waals surface area contributed by atoms with Crippen molar-refractivity contribution in [1.29, 1.82) is 0 Å². The van der Waals surface area contributed by atoms with Crippen molar-refractivity contribution in [3.8, 4) is 0 Å². The van der Waals surface area contributed by atoms with Gasteiger partial charge in [0, 0.05) is 12.1 Å². The Balaban J connectivity index is 3.01.